The van der Waals surface area contributed by atoms with Gasteiger partial charge in [-0.2, -0.15) is 0 Å². The molecule has 0 saturated heterocycles. The Morgan fingerprint density at radius 1 is 1.00 bits per heavy atom. The SMILES string of the molecule is CC[C@@H](C)NC(=O)[C@@H](Cc1ccccc1)N(Cc1cccc(Br)c1)C(=O)CSc1ccc(Cl)cc1. The second-order valence-corrected chi connectivity index (χ2v) is 10.8. The van der Waals surface area contributed by atoms with Crippen LogP contribution in [-0.2, 0) is 22.6 Å². The summed E-state index contributed by atoms with van der Waals surface area (Å²) in [7, 11) is 0. The number of carbonyl (C=O) groups excluding carboxylic acids is 2. The van der Waals surface area contributed by atoms with Gasteiger partial charge in [-0.1, -0.05) is 76.9 Å². The monoisotopic (exact) mass is 572 g/mol. The zero-order chi connectivity index (χ0) is 25.2. The Morgan fingerprint density at radius 2 is 1.69 bits per heavy atom. The summed E-state index contributed by atoms with van der Waals surface area (Å²) in [5.74, 6) is -0.00874. The Labute approximate surface area is 225 Å². The summed E-state index contributed by atoms with van der Waals surface area (Å²) in [6.07, 6.45) is 1.25. The van der Waals surface area contributed by atoms with Crippen LogP contribution in [0.4, 0.5) is 0 Å². The molecule has 0 bridgehead atoms. The first-order chi connectivity index (χ1) is 16.9. The van der Waals surface area contributed by atoms with Crippen molar-refractivity contribution in [2.24, 2.45) is 0 Å². The Bertz CT molecular complexity index is 1110. The third-order valence-electron chi connectivity index (χ3n) is 5.69. The molecule has 35 heavy (non-hydrogen) atoms. The molecular formula is C28H30BrClN2O2S. The first-order valence-corrected chi connectivity index (χ1v) is 13.8. The van der Waals surface area contributed by atoms with Crippen LogP contribution >= 0.6 is 39.3 Å². The van der Waals surface area contributed by atoms with Crippen molar-refractivity contribution in [2.75, 3.05) is 5.75 Å². The van der Waals surface area contributed by atoms with Crippen molar-refractivity contribution in [2.45, 2.75) is 50.2 Å². The Hall–Kier alpha value is -2.28. The number of nitrogens with zero attached hydrogens (tertiary/aromatic N) is 1. The first kappa shape index (κ1) is 27.3. The largest absolute Gasteiger partial charge is 0.352 e. The van der Waals surface area contributed by atoms with Gasteiger partial charge in [-0.25, -0.2) is 0 Å². The number of carbonyl (C=O) groups is 2. The molecule has 184 valence electrons. The quantitative estimate of drug-likeness (QED) is 0.258. The molecule has 0 aliphatic rings. The van der Waals surface area contributed by atoms with E-state index in [2.05, 4.69) is 21.2 Å². The van der Waals surface area contributed by atoms with Crippen LogP contribution in [0.5, 0.6) is 0 Å². The molecule has 0 aliphatic carbocycles. The molecule has 3 aromatic carbocycles. The van der Waals surface area contributed by atoms with E-state index in [1.807, 2.05) is 92.7 Å². The van der Waals surface area contributed by atoms with Crippen LogP contribution in [0.3, 0.4) is 0 Å². The summed E-state index contributed by atoms with van der Waals surface area (Å²) in [5.41, 5.74) is 1.97. The molecule has 0 radical (unpaired) electrons. The molecule has 3 aromatic rings. The topological polar surface area (TPSA) is 49.4 Å². The van der Waals surface area contributed by atoms with Crippen molar-refractivity contribution in [3.63, 3.8) is 0 Å². The highest BCUT2D eigenvalue weighted by atomic mass is 79.9. The summed E-state index contributed by atoms with van der Waals surface area (Å²) in [4.78, 5) is 29.8. The van der Waals surface area contributed by atoms with E-state index in [9.17, 15) is 9.59 Å². The van der Waals surface area contributed by atoms with Crippen LogP contribution in [-0.4, -0.2) is 34.6 Å². The second kappa shape index (κ2) is 13.7. The normalized spacial score (nSPS) is 12.6. The number of rotatable bonds is 11. The fraction of sp³-hybridized carbons (Fsp3) is 0.286. The van der Waals surface area contributed by atoms with Gasteiger partial charge in [0.1, 0.15) is 6.04 Å². The van der Waals surface area contributed by atoms with Crippen LogP contribution < -0.4 is 5.32 Å². The van der Waals surface area contributed by atoms with Crippen LogP contribution in [0.25, 0.3) is 0 Å². The zero-order valence-corrected chi connectivity index (χ0v) is 23.1. The number of amides is 2. The third kappa shape index (κ3) is 8.71. The van der Waals surface area contributed by atoms with Gasteiger partial charge in [0.25, 0.3) is 0 Å². The molecule has 4 nitrogen and oxygen atoms in total. The molecule has 0 spiro atoms. The van der Waals surface area contributed by atoms with E-state index >= 15 is 0 Å². The number of thioether (sulfide) groups is 1. The summed E-state index contributed by atoms with van der Waals surface area (Å²) < 4.78 is 0.932. The van der Waals surface area contributed by atoms with Gasteiger partial charge in [0.05, 0.1) is 5.75 Å². The average molecular weight is 574 g/mol. The molecule has 0 saturated carbocycles. The summed E-state index contributed by atoms with van der Waals surface area (Å²) >= 11 is 11.0. The van der Waals surface area contributed by atoms with E-state index in [-0.39, 0.29) is 23.6 Å². The minimum absolute atomic E-state index is 0.0204. The molecule has 0 heterocycles. The minimum Gasteiger partial charge on any atom is -0.352 e. The van der Waals surface area contributed by atoms with Gasteiger partial charge in [0.15, 0.2) is 0 Å². The fourth-order valence-corrected chi connectivity index (χ4v) is 4.94. The van der Waals surface area contributed by atoms with Gasteiger partial charge < -0.3 is 10.2 Å². The molecule has 7 heteroatoms. The summed E-state index contributed by atoms with van der Waals surface area (Å²) in [6, 6.07) is 24.5. The summed E-state index contributed by atoms with van der Waals surface area (Å²) in [5, 5.41) is 3.75. The van der Waals surface area contributed by atoms with Crippen molar-refractivity contribution in [1.29, 1.82) is 0 Å². The van der Waals surface area contributed by atoms with Crippen molar-refractivity contribution in [3.8, 4) is 0 Å². The molecule has 0 fully saturated rings. The number of hydrogen-bond donors (Lipinski definition) is 1. The average Bonchev–Trinajstić information content (AvgIpc) is 2.86. The van der Waals surface area contributed by atoms with E-state index in [0.717, 1.165) is 26.9 Å². The van der Waals surface area contributed by atoms with Gasteiger partial charge >= 0.3 is 0 Å². The van der Waals surface area contributed by atoms with E-state index in [4.69, 9.17) is 11.6 Å². The first-order valence-electron chi connectivity index (χ1n) is 11.6. The highest BCUT2D eigenvalue weighted by Crippen LogP contribution is 2.23. The molecular weight excluding hydrogens is 544 g/mol. The molecule has 0 aliphatic heterocycles. The lowest BCUT2D eigenvalue weighted by Crippen LogP contribution is -2.52. The van der Waals surface area contributed by atoms with Gasteiger partial charge in [-0.15, -0.1) is 11.8 Å². The highest BCUT2D eigenvalue weighted by molar-refractivity contribution is 9.10. The number of benzene rings is 3. The zero-order valence-electron chi connectivity index (χ0n) is 19.9. The smallest absolute Gasteiger partial charge is 0.243 e. The predicted octanol–water partition coefficient (Wildman–Crippen LogP) is 6.75. The van der Waals surface area contributed by atoms with Crippen LogP contribution in [0.1, 0.15) is 31.4 Å². The van der Waals surface area contributed by atoms with E-state index in [1.165, 1.54) is 11.8 Å². The van der Waals surface area contributed by atoms with Gasteiger partial charge in [0, 0.05) is 33.4 Å². The van der Waals surface area contributed by atoms with Crippen LogP contribution in [0.2, 0.25) is 5.02 Å². The minimum atomic E-state index is -0.635. The maximum Gasteiger partial charge on any atom is 0.243 e. The fourth-order valence-electron chi connectivity index (χ4n) is 3.59. The van der Waals surface area contributed by atoms with Crippen LogP contribution in [0, 0.1) is 0 Å². The number of nitrogens with one attached hydrogen (secondary N) is 1. The summed E-state index contributed by atoms with van der Waals surface area (Å²) in [6.45, 7) is 4.35. The maximum absolute atomic E-state index is 13.7. The lowest BCUT2D eigenvalue weighted by Gasteiger charge is -2.32. The lowest BCUT2D eigenvalue weighted by molar-refractivity contribution is -0.139. The van der Waals surface area contributed by atoms with E-state index < -0.39 is 6.04 Å². The Balaban J connectivity index is 1.90. The van der Waals surface area contributed by atoms with E-state index in [0.29, 0.717) is 18.0 Å². The van der Waals surface area contributed by atoms with Crippen molar-refractivity contribution < 1.29 is 9.59 Å². The molecule has 0 unspecified atom stereocenters. The van der Waals surface area contributed by atoms with Gasteiger partial charge in [-0.05, 0) is 60.9 Å². The molecule has 3 rings (SSSR count). The van der Waals surface area contributed by atoms with Gasteiger partial charge in [0.2, 0.25) is 11.8 Å². The standard InChI is InChI=1S/C28H30BrClN2O2S/c1-3-20(2)31-28(34)26(17-21-8-5-4-6-9-21)32(18-22-10-7-11-23(29)16-22)27(33)19-35-25-14-12-24(30)13-15-25/h4-16,20,26H,3,17-19H2,1-2H3,(H,31,34)/t20-,26-/m1/s1. The predicted molar refractivity (Wildman–Crippen MR) is 149 cm³/mol. The van der Waals surface area contributed by atoms with Crippen molar-refractivity contribution in [1.82, 2.24) is 10.2 Å². The van der Waals surface area contributed by atoms with Gasteiger partial charge in [-0.3, -0.25) is 9.59 Å². The molecule has 2 atom stereocenters. The van der Waals surface area contributed by atoms with E-state index in [1.54, 1.807) is 4.90 Å². The van der Waals surface area contributed by atoms with Crippen molar-refractivity contribution >= 4 is 51.1 Å². The molecule has 0 aromatic heterocycles. The van der Waals surface area contributed by atoms with Crippen LogP contribution in [0.15, 0.2) is 88.2 Å². The Morgan fingerprint density at radius 3 is 2.34 bits per heavy atom. The number of hydrogen-bond acceptors (Lipinski definition) is 3. The number of halogens is 2. The Kier molecular flexibility index (Phi) is 10.7. The maximum atomic E-state index is 13.7. The van der Waals surface area contributed by atoms with Crippen molar-refractivity contribution in [3.05, 3.63) is 99.5 Å². The molecule has 2 amide bonds. The second-order valence-electron chi connectivity index (χ2n) is 8.42. The third-order valence-corrected chi connectivity index (χ3v) is 7.43. The molecule has 1 N–H and O–H groups in total. The lowest BCUT2D eigenvalue weighted by atomic mass is 10.0. The highest BCUT2D eigenvalue weighted by Gasteiger charge is 2.31.